The fraction of sp³-hybridized carbons (Fsp3) is 0.611. The Labute approximate surface area is 148 Å². The number of nitrogens with one attached hydrogen (secondary N) is 1. The van der Waals surface area contributed by atoms with Crippen LogP contribution in [0.3, 0.4) is 0 Å². The van der Waals surface area contributed by atoms with Crippen LogP contribution in [-0.4, -0.2) is 68.3 Å². The van der Waals surface area contributed by atoms with Crippen LogP contribution in [0.2, 0.25) is 0 Å². The summed E-state index contributed by atoms with van der Waals surface area (Å²) in [7, 11) is 1.91. The van der Waals surface area contributed by atoms with Crippen LogP contribution in [0.5, 0.6) is 0 Å². The number of carbonyl (C=O) groups is 1. The van der Waals surface area contributed by atoms with Gasteiger partial charge in [-0.3, -0.25) is 4.79 Å². The van der Waals surface area contributed by atoms with E-state index in [1.807, 2.05) is 23.7 Å². The van der Waals surface area contributed by atoms with Crippen LogP contribution in [0.1, 0.15) is 12.0 Å². The van der Waals surface area contributed by atoms with Crippen LogP contribution in [0.25, 0.3) is 0 Å². The highest BCUT2D eigenvalue weighted by atomic mass is 32.2. The molecule has 1 unspecified atom stereocenters. The molecular formula is C18H27N3O2S. The van der Waals surface area contributed by atoms with Crippen molar-refractivity contribution in [1.29, 1.82) is 0 Å². The van der Waals surface area contributed by atoms with Gasteiger partial charge in [-0.15, -0.1) is 0 Å². The number of benzene rings is 1. The van der Waals surface area contributed by atoms with E-state index in [1.165, 1.54) is 11.3 Å². The minimum atomic E-state index is 0.215. The number of nitrogens with zero attached hydrogens (tertiary/aromatic N) is 2. The molecule has 6 heteroatoms. The Balaban J connectivity index is 1.61. The van der Waals surface area contributed by atoms with Crippen LogP contribution in [0.15, 0.2) is 24.3 Å². The van der Waals surface area contributed by atoms with Gasteiger partial charge in [0.2, 0.25) is 5.91 Å². The lowest BCUT2D eigenvalue weighted by Gasteiger charge is -2.32. The van der Waals surface area contributed by atoms with Crippen molar-refractivity contribution in [3.63, 3.8) is 0 Å². The molecular weight excluding hydrogens is 322 g/mol. The van der Waals surface area contributed by atoms with E-state index in [4.69, 9.17) is 4.74 Å². The largest absolute Gasteiger partial charge is 0.378 e. The first-order valence-corrected chi connectivity index (χ1v) is 9.85. The Kier molecular flexibility index (Phi) is 6.40. The van der Waals surface area contributed by atoms with Gasteiger partial charge in [0.05, 0.1) is 13.2 Å². The van der Waals surface area contributed by atoms with Crippen molar-refractivity contribution in [2.75, 3.05) is 56.3 Å². The third-order valence-electron chi connectivity index (χ3n) is 4.60. The molecule has 1 amide bonds. The molecule has 0 saturated carbocycles. The third kappa shape index (κ3) is 4.65. The maximum Gasteiger partial charge on any atom is 0.224 e. The first-order valence-electron chi connectivity index (χ1n) is 8.70. The number of ether oxygens (including phenoxy) is 1. The van der Waals surface area contributed by atoms with E-state index in [-0.39, 0.29) is 5.91 Å². The second kappa shape index (κ2) is 8.74. The van der Waals surface area contributed by atoms with Gasteiger partial charge in [-0.2, -0.15) is 11.8 Å². The van der Waals surface area contributed by atoms with Crippen molar-refractivity contribution < 1.29 is 9.53 Å². The maximum absolute atomic E-state index is 12.5. The third-order valence-corrected chi connectivity index (χ3v) is 5.73. The van der Waals surface area contributed by atoms with Gasteiger partial charge in [0.15, 0.2) is 0 Å². The molecule has 132 valence electrons. The minimum absolute atomic E-state index is 0.215. The number of thioether (sulfide) groups is 1. The Morgan fingerprint density at radius 1 is 1.38 bits per heavy atom. The molecule has 5 nitrogen and oxygen atoms in total. The Hall–Kier alpha value is -1.24. The van der Waals surface area contributed by atoms with E-state index < -0.39 is 0 Å². The van der Waals surface area contributed by atoms with Gasteiger partial charge in [-0.25, -0.2) is 0 Å². The zero-order valence-electron chi connectivity index (χ0n) is 14.4. The summed E-state index contributed by atoms with van der Waals surface area (Å²) in [6.07, 6.45) is 0.587. The molecule has 2 fully saturated rings. The number of rotatable bonds is 5. The molecule has 24 heavy (non-hydrogen) atoms. The molecule has 1 aromatic rings. The summed E-state index contributed by atoms with van der Waals surface area (Å²) in [6, 6.07) is 8.71. The Bertz CT molecular complexity index is 543. The Morgan fingerprint density at radius 3 is 2.92 bits per heavy atom. The number of hydrogen-bond acceptors (Lipinski definition) is 5. The molecule has 0 spiro atoms. The first kappa shape index (κ1) is 17.6. The standard InChI is InChI=1S/C18H27N3O2S/c1-20(18(22)12-16-14-24-11-6-19-16)13-15-4-2-3-5-17(15)21-7-9-23-10-8-21/h2-5,16,19H,6-14H2,1H3. The van der Waals surface area contributed by atoms with Crippen LogP contribution >= 0.6 is 11.8 Å². The zero-order valence-corrected chi connectivity index (χ0v) is 15.2. The molecule has 0 aliphatic carbocycles. The average molecular weight is 350 g/mol. The van der Waals surface area contributed by atoms with Crippen molar-refractivity contribution >= 4 is 23.4 Å². The summed E-state index contributed by atoms with van der Waals surface area (Å²) >= 11 is 1.93. The molecule has 0 aromatic heterocycles. The summed E-state index contributed by atoms with van der Waals surface area (Å²) in [5.41, 5.74) is 2.44. The molecule has 1 atom stereocenters. The highest BCUT2D eigenvalue weighted by Crippen LogP contribution is 2.23. The van der Waals surface area contributed by atoms with Gasteiger partial charge >= 0.3 is 0 Å². The van der Waals surface area contributed by atoms with Crippen LogP contribution < -0.4 is 10.2 Å². The SMILES string of the molecule is CN(Cc1ccccc1N1CCOCC1)C(=O)CC1CSCCN1. The van der Waals surface area contributed by atoms with Crippen molar-refractivity contribution in [3.05, 3.63) is 29.8 Å². The predicted octanol–water partition coefficient (Wildman–Crippen LogP) is 1.58. The first-order chi connectivity index (χ1) is 11.7. The summed E-state index contributed by atoms with van der Waals surface area (Å²) in [4.78, 5) is 16.8. The maximum atomic E-state index is 12.5. The van der Waals surface area contributed by atoms with E-state index in [2.05, 4.69) is 34.5 Å². The number of hydrogen-bond donors (Lipinski definition) is 1. The van der Waals surface area contributed by atoms with E-state index >= 15 is 0 Å². The van der Waals surface area contributed by atoms with E-state index in [1.54, 1.807) is 0 Å². The van der Waals surface area contributed by atoms with Crippen LogP contribution in [-0.2, 0) is 16.1 Å². The summed E-state index contributed by atoms with van der Waals surface area (Å²) in [5, 5.41) is 3.44. The molecule has 0 bridgehead atoms. The number of para-hydroxylation sites is 1. The fourth-order valence-electron chi connectivity index (χ4n) is 3.22. The van der Waals surface area contributed by atoms with Gasteiger partial charge in [-0.1, -0.05) is 18.2 Å². The molecule has 1 aromatic carbocycles. The minimum Gasteiger partial charge on any atom is -0.378 e. The van der Waals surface area contributed by atoms with Gasteiger partial charge in [0.1, 0.15) is 0 Å². The van der Waals surface area contributed by atoms with E-state index in [0.29, 0.717) is 19.0 Å². The smallest absolute Gasteiger partial charge is 0.224 e. The van der Waals surface area contributed by atoms with Crippen LogP contribution in [0, 0.1) is 0 Å². The molecule has 3 rings (SSSR count). The highest BCUT2D eigenvalue weighted by molar-refractivity contribution is 7.99. The lowest BCUT2D eigenvalue weighted by molar-refractivity contribution is -0.130. The van der Waals surface area contributed by atoms with Crippen molar-refractivity contribution in [2.24, 2.45) is 0 Å². The molecule has 2 saturated heterocycles. The Morgan fingerprint density at radius 2 is 2.17 bits per heavy atom. The second-order valence-corrected chi connectivity index (χ2v) is 7.56. The molecule has 2 heterocycles. The summed E-state index contributed by atoms with van der Waals surface area (Å²) in [5.74, 6) is 2.39. The van der Waals surface area contributed by atoms with Gasteiger partial charge in [-0.05, 0) is 11.6 Å². The highest BCUT2D eigenvalue weighted by Gasteiger charge is 2.21. The van der Waals surface area contributed by atoms with Crippen molar-refractivity contribution in [3.8, 4) is 0 Å². The number of carbonyl (C=O) groups excluding carboxylic acids is 1. The fourth-order valence-corrected chi connectivity index (χ4v) is 4.17. The number of amides is 1. The monoisotopic (exact) mass is 349 g/mol. The van der Waals surface area contributed by atoms with Gasteiger partial charge in [0.25, 0.3) is 0 Å². The normalized spacial score (nSPS) is 21.5. The lowest BCUT2D eigenvalue weighted by atomic mass is 10.1. The van der Waals surface area contributed by atoms with Gasteiger partial charge in [0, 0.05) is 62.9 Å². The molecule has 2 aliphatic heterocycles. The summed E-state index contributed by atoms with van der Waals surface area (Å²) in [6.45, 7) is 5.04. The topological polar surface area (TPSA) is 44.8 Å². The predicted molar refractivity (Wildman–Crippen MR) is 99.7 cm³/mol. The van der Waals surface area contributed by atoms with Crippen LogP contribution in [0.4, 0.5) is 5.69 Å². The zero-order chi connectivity index (χ0) is 16.8. The van der Waals surface area contributed by atoms with E-state index in [0.717, 1.165) is 44.4 Å². The number of morpholine rings is 1. The van der Waals surface area contributed by atoms with Gasteiger partial charge < -0.3 is 19.9 Å². The second-order valence-electron chi connectivity index (χ2n) is 6.41. The molecule has 0 radical (unpaired) electrons. The quantitative estimate of drug-likeness (QED) is 0.874. The number of anilines is 1. The lowest BCUT2D eigenvalue weighted by Crippen LogP contribution is -2.42. The summed E-state index contributed by atoms with van der Waals surface area (Å²) < 4.78 is 5.45. The molecule has 1 N–H and O–H groups in total. The van der Waals surface area contributed by atoms with E-state index in [9.17, 15) is 4.79 Å². The molecule has 2 aliphatic rings. The average Bonchev–Trinajstić information content (AvgIpc) is 2.63. The van der Waals surface area contributed by atoms with Crippen molar-refractivity contribution in [1.82, 2.24) is 10.2 Å². The van der Waals surface area contributed by atoms with Crippen molar-refractivity contribution in [2.45, 2.75) is 19.0 Å².